The highest BCUT2D eigenvalue weighted by atomic mass is 79.9. The second-order valence-corrected chi connectivity index (χ2v) is 6.09. The third kappa shape index (κ3) is 3.52. The van der Waals surface area contributed by atoms with Gasteiger partial charge in [0.1, 0.15) is 12.0 Å². The van der Waals surface area contributed by atoms with Crippen LogP contribution in [0.3, 0.4) is 0 Å². The van der Waals surface area contributed by atoms with Crippen LogP contribution in [-0.4, -0.2) is 25.4 Å². The van der Waals surface area contributed by atoms with Crippen molar-refractivity contribution in [1.29, 1.82) is 0 Å². The van der Waals surface area contributed by atoms with E-state index in [1.54, 1.807) is 41.5 Å². The highest BCUT2D eigenvalue weighted by molar-refractivity contribution is 9.10. The summed E-state index contributed by atoms with van der Waals surface area (Å²) in [5, 5.41) is 3.48. The first-order valence-corrected chi connectivity index (χ1v) is 7.87. The zero-order valence-electron chi connectivity index (χ0n) is 11.4. The standard InChI is InChI=1S/C14H8BrCl2N5O/c15-9-6-19-14(22-4-3-18-7-22)21-12(9)13(23)20-8-1-2-10(16)11(17)5-8/h1-7H,(H,20,23). The van der Waals surface area contributed by atoms with Crippen molar-refractivity contribution >= 4 is 50.7 Å². The number of imidazole rings is 1. The molecule has 0 aliphatic rings. The monoisotopic (exact) mass is 411 g/mol. The Morgan fingerprint density at radius 1 is 1.26 bits per heavy atom. The fraction of sp³-hybridized carbons (Fsp3) is 0. The lowest BCUT2D eigenvalue weighted by Crippen LogP contribution is -2.16. The van der Waals surface area contributed by atoms with E-state index in [9.17, 15) is 4.79 Å². The predicted octanol–water partition coefficient (Wildman–Crippen LogP) is 3.98. The summed E-state index contributed by atoms with van der Waals surface area (Å²) in [6.07, 6.45) is 6.33. The number of halogens is 3. The summed E-state index contributed by atoms with van der Waals surface area (Å²) in [5.41, 5.74) is 0.703. The lowest BCUT2D eigenvalue weighted by molar-refractivity contribution is 0.102. The van der Waals surface area contributed by atoms with Gasteiger partial charge >= 0.3 is 0 Å². The minimum atomic E-state index is -0.404. The van der Waals surface area contributed by atoms with Crippen molar-refractivity contribution in [1.82, 2.24) is 19.5 Å². The van der Waals surface area contributed by atoms with E-state index in [1.807, 2.05) is 0 Å². The molecule has 0 fully saturated rings. The summed E-state index contributed by atoms with van der Waals surface area (Å²) in [5.74, 6) is -0.0657. The molecule has 1 N–H and O–H groups in total. The second kappa shape index (κ2) is 6.66. The highest BCUT2D eigenvalue weighted by Gasteiger charge is 2.15. The molecular weight excluding hydrogens is 405 g/mol. The van der Waals surface area contributed by atoms with Crippen molar-refractivity contribution in [3.05, 3.63) is 63.3 Å². The van der Waals surface area contributed by atoms with Crippen LogP contribution in [0.25, 0.3) is 5.95 Å². The van der Waals surface area contributed by atoms with E-state index in [-0.39, 0.29) is 5.69 Å². The van der Waals surface area contributed by atoms with Crippen molar-refractivity contribution in [3.63, 3.8) is 0 Å². The van der Waals surface area contributed by atoms with Crippen LogP contribution in [0, 0.1) is 0 Å². The number of nitrogens with one attached hydrogen (secondary N) is 1. The third-order valence-electron chi connectivity index (χ3n) is 2.86. The summed E-state index contributed by atoms with van der Waals surface area (Å²) in [6.45, 7) is 0. The van der Waals surface area contributed by atoms with Crippen molar-refractivity contribution in [3.8, 4) is 5.95 Å². The number of carbonyl (C=O) groups is 1. The van der Waals surface area contributed by atoms with Crippen molar-refractivity contribution in [2.45, 2.75) is 0 Å². The summed E-state index contributed by atoms with van der Waals surface area (Å²) >= 11 is 15.1. The summed E-state index contributed by atoms with van der Waals surface area (Å²) in [4.78, 5) is 24.7. The van der Waals surface area contributed by atoms with E-state index >= 15 is 0 Å². The Morgan fingerprint density at radius 3 is 2.78 bits per heavy atom. The minimum Gasteiger partial charge on any atom is -0.321 e. The molecule has 116 valence electrons. The smallest absolute Gasteiger partial charge is 0.275 e. The lowest BCUT2D eigenvalue weighted by Gasteiger charge is -2.08. The Hall–Kier alpha value is -1.96. The summed E-state index contributed by atoms with van der Waals surface area (Å²) < 4.78 is 2.07. The van der Waals surface area contributed by atoms with E-state index in [0.29, 0.717) is 26.2 Å². The summed E-state index contributed by atoms with van der Waals surface area (Å²) in [6, 6.07) is 4.82. The zero-order valence-corrected chi connectivity index (χ0v) is 14.5. The number of rotatable bonds is 3. The van der Waals surface area contributed by atoms with Crippen molar-refractivity contribution in [2.24, 2.45) is 0 Å². The van der Waals surface area contributed by atoms with Gasteiger partial charge in [-0.1, -0.05) is 23.2 Å². The molecule has 1 amide bonds. The van der Waals surface area contributed by atoms with E-state index in [0.717, 1.165) is 0 Å². The van der Waals surface area contributed by atoms with Crippen LogP contribution in [0.1, 0.15) is 10.5 Å². The normalized spacial score (nSPS) is 10.6. The van der Waals surface area contributed by atoms with Gasteiger partial charge in [-0.3, -0.25) is 9.36 Å². The SMILES string of the molecule is O=C(Nc1ccc(Cl)c(Cl)c1)c1nc(-n2ccnc2)ncc1Br. The number of hydrogen-bond donors (Lipinski definition) is 1. The van der Waals surface area contributed by atoms with Gasteiger partial charge in [0, 0.05) is 24.3 Å². The van der Waals surface area contributed by atoms with Gasteiger partial charge in [0.2, 0.25) is 5.95 Å². The number of carbonyl (C=O) groups excluding carboxylic acids is 1. The average molecular weight is 413 g/mol. The van der Waals surface area contributed by atoms with Crippen molar-refractivity contribution in [2.75, 3.05) is 5.32 Å². The molecule has 0 bridgehead atoms. The van der Waals surface area contributed by atoms with Gasteiger partial charge in [0.05, 0.1) is 14.5 Å². The molecule has 0 spiro atoms. The van der Waals surface area contributed by atoms with E-state index in [1.165, 1.54) is 6.20 Å². The maximum atomic E-state index is 12.4. The molecule has 9 heteroatoms. The molecule has 0 unspecified atom stereocenters. The Balaban J connectivity index is 1.89. The van der Waals surface area contributed by atoms with E-state index in [4.69, 9.17) is 23.2 Å². The number of amides is 1. The van der Waals surface area contributed by atoms with E-state index in [2.05, 4.69) is 36.2 Å². The quantitative estimate of drug-likeness (QED) is 0.705. The number of nitrogens with zero attached hydrogens (tertiary/aromatic N) is 4. The molecule has 1 aromatic carbocycles. The molecule has 2 aromatic heterocycles. The Bertz CT molecular complexity index is 870. The maximum Gasteiger partial charge on any atom is 0.275 e. The topological polar surface area (TPSA) is 72.7 Å². The molecule has 0 aliphatic heterocycles. The van der Waals surface area contributed by atoms with Crippen LogP contribution in [0.2, 0.25) is 10.0 Å². The molecule has 3 rings (SSSR count). The van der Waals surface area contributed by atoms with Crippen LogP contribution >= 0.6 is 39.1 Å². The Kier molecular flexibility index (Phi) is 4.61. The largest absolute Gasteiger partial charge is 0.321 e. The molecule has 2 heterocycles. The van der Waals surface area contributed by atoms with Gasteiger partial charge in [-0.2, -0.15) is 0 Å². The molecule has 0 saturated heterocycles. The molecule has 3 aromatic rings. The number of aromatic nitrogens is 4. The Morgan fingerprint density at radius 2 is 2.09 bits per heavy atom. The summed E-state index contributed by atoms with van der Waals surface area (Å²) in [7, 11) is 0. The van der Waals surface area contributed by atoms with Gasteiger partial charge in [0.15, 0.2) is 0 Å². The maximum absolute atomic E-state index is 12.4. The van der Waals surface area contributed by atoms with Crippen LogP contribution in [0.15, 0.2) is 47.6 Å². The third-order valence-corrected chi connectivity index (χ3v) is 4.18. The van der Waals surface area contributed by atoms with Crippen LogP contribution in [0.5, 0.6) is 0 Å². The first-order valence-electron chi connectivity index (χ1n) is 6.32. The second-order valence-electron chi connectivity index (χ2n) is 4.42. The number of benzene rings is 1. The van der Waals surface area contributed by atoms with Gasteiger partial charge in [-0.25, -0.2) is 15.0 Å². The van der Waals surface area contributed by atoms with Crippen LogP contribution in [-0.2, 0) is 0 Å². The molecule has 0 atom stereocenters. The predicted molar refractivity (Wildman–Crippen MR) is 91.3 cm³/mol. The van der Waals surface area contributed by atoms with Gasteiger partial charge in [-0.15, -0.1) is 0 Å². The minimum absolute atomic E-state index is 0.190. The molecular formula is C14H8BrCl2N5O. The molecule has 0 saturated carbocycles. The van der Waals surface area contributed by atoms with Crippen LogP contribution in [0.4, 0.5) is 5.69 Å². The molecule has 6 nitrogen and oxygen atoms in total. The highest BCUT2D eigenvalue weighted by Crippen LogP contribution is 2.25. The van der Waals surface area contributed by atoms with Gasteiger partial charge in [0.25, 0.3) is 5.91 Å². The zero-order chi connectivity index (χ0) is 16.4. The number of hydrogen-bond acceptors (Lipinski definition) is 4. The van der Waals surface area contributed by atoms with Crippen LogP contribution < -0.4 is 5.32 Å². The van der Waals surface area contributed by atoms with Gasteiger partial charge in [-0.05, 0) is 34.1 Å². The lowest BCUT2D eigenvalue weighted by atomic mass is 10.3. The molecule has 0 aliphatic carbocycles. The fourth-order valence-electron chi connectivity index (χ4n) is 1.78. The number of anilines is 1. The van der Waals surface area contributed by atoms with E-state index < -0.39 is 5.91 Å². The average Bonchev–Trinajstić information content (AvgIpc) is 3.06. The fourth-order valence-corrected chi connectivity index (χ4v) is 2.45. The Labute approximate surface area is 149 Å². The first kappa shape index (κ1) is 15.9. The van der Waals surface area contributed by atoms with Crippen molar-refractivity contribution < 1.29 is 4.79 Å². The molecule has 0 radical (unpaired) electrons. The first-order chi connectivity index (χ1) is 11.0. The molecule has 23 heavy (non-hydrogen) atoms. The van der Waals surface area contributed by atoms with Gasteiger partial charge < -0.3 is 5.32 Å².